The number of hydrogen-bond acceptors (Lipinski definition) is 0. The van der Waals surface area contributed by atoms with Crippen LogP contribution in [0.3, 0.4) is 0 Å². The fraction of sp³-hybridized carbons (Fsp3) is 0.250. The van der Waals surface area contributed by atoms with E-state index < -0.39 is 0 Å². The van der Waals surface area contributed by atoms with Crippen LogP contribution in [-0.2, 0) is 7.05 Å². The van der Waals surface area contributed by atoms with Crippen molar-refractivity contribution in [3.8, 4) is 0 Å². The number of aromatic nitrogens is 1. The molecule has 2 heteroatoms. The van der Waals surface area contributed by atoms with Crippen molar-refractivity contribution in [1.82, 2.24) is 4.57 Å². The Morgan fingerprint density at radius 1 is 1.21 bits per heavy atom. The molecule has 2 aromatic rings. The monoisotopic (exact) mass is 187 g/mol. The van der Waals surface area contributed by atoms with Crippen LogP contribution in [0.15, 0.2) is 30.5 Å². The van der Waals surface area contributed by atoms with Gasteiger partial charge in [0.2, 0.25) is 0 Å². The summed E-state index contributed by atoms with van der Waals surface area (Å²) in [6, 6.07) is 8.45. The first-order valence-corrected chi connectivity index (χ1v) is 4.74. The summed E-state index contributed by atoms with van der Waals surface area (Å²) in [6.07, 6.45) is 4.30. The zero-order chi connectivity index (χ0) is 10.1. The molecule has 0 saturated carbocycles. The molecule has 0 N–H and O–H groups in total. The SMILES string of the molecule is Cn1cc(C=[N+](C)C)c2ccccc21. The number of nitrogens with zero attached hydrogens (tertiary/aromatic N) is 2. The molecule has 0 aliphatic rings. The molecule has 1 heterocycles. The van der Waals surface area contributed by atoms with Crippen molar-refractivity contribution in [2.24, 2.45) is 7.05 Å². The van der Waals surface area contributed by atoms with E-state index in [1.54, 1.807) is 0 Å². The number of benzene rings is 1. The van der Waals surface area contributed by atoms with E-state index in [-0.39, 0.29) is 0 Å². The molecular formula is C12H15N2+. The molecule has 0 spiro atoms. The standard InChI is InChI=1S/C12H15N2/c1-13(2)8-10-9-14(3)12-7-5-4-6-11(10)12/h4-9H,1-3H3/q+1. The van der Waals surface area contributed by atoms with Crippen LogP contribution < -0.4 is 0 Å². The Bertz CT molecular complexity index is 488. The fourth-order valence-corrected chi connectivity index (χ4v) is 1.75. The van der Waals surface area contributed by atoms with Crippen molar-refractivity contribution >= 4 is 17.1 Å². The van der Waals surface area contributed by atoms with Gasteiger partial charge in [-0.15, -0.1) is 0 Å². The first kappa shape index (κ1) is 9.00. The zero-order valence-electron chi connectivity index (χ0n) is 8.86. The van der Waals surface area contributed by atoms with E-state index in [9.17, 15) is 0 Å². The van der Waals surface area contributed by atoms with E-state index in [1.807, 2.05) is 14.1 Å². The van der Waals surface area contributed by atoms with Crippen molar-refractivity contribution < 1.29 is 4.58 Å². The van der Waals surface area contributed by atoms with Gasteiger partial charge in [-0.1, -0.05) is 18.2 Å². The zero-order valence-corrected chi connectivity index (χ0v) is 8.86. The lowest BCUT2D eigenvalue weighted by atomic mass is 10.2. The Labute approximate surface area is 84.1 Å². The second kappa shape index (κ2) is 3.29. The number of para-hydroxylation sites is 1. The molecular weight excluding hydrogens is 172 g/mol. The third-order valence-electron chi connectivity index (χ3n) is 2.33. The lowest BCUT2D eigenvalue weighted by Gasteiger charge is -1.92. The minimum atomic E-state index is 1.27. The minimum Gasteiger partial charge on any atom is -0.350 e. The predicted molar refractivity (Wildman–Crippen MR) is 60.2 cm³/mol. The first-order valence-electron chi connectivity index (χ1n) is 4.74. The van der Waals surface area contributed by atoms with Crippen LogP contribution in [0.1, 0.15) is 5.56 Å². The molecule has 0 fully saturated rings. The number of rotatable bonds is 1. The Morgan fingerprint density at radius 3 is 2.64 bits per heavy atom. The first-order chi connectivity index (χ1) is 6.68. The average Bonchev–Trinajstić information content (AvgIpc) is 2.44. The molecule has 2 rings (SSSR count). The highest BCUT2D eigenvalue weighted by molar-refractivity contribution is 5.97. The van der Waals surface area contributed by atoms with E-state index in [4.69, 9.17) is 0 Å². The topological polar surface area (TPSA) is 7.94 Å². The molecule has 0 atom stereocenters. The maximum absolute atomic E-state index is 2.16. The third-order valence-corrected chi connectivity index (χ3v) is 2.33. The molecule has 2 nitrogen and oxygen atoms in total. The van der Waals surface area contributed by atoms with Crippen LogP contribution in [-0.4, -0.2) is 29.5 Å². The molecule has 0 aliphatic carbocycles. The maximum Gasteiger partial charge on any atom is 0.172 e. The number of hydrogen-bond donors (Lipinski definition) is 0. The number of aryl methyl sites for hydroxylation is 1. The second-order valence-corrected chi connectivity index (χ2v) is 3.81. The summed E-state index contributed by atoms with van der Waals surface area (Å²) in [5, 5.41) is 1.31. The van der Waals surface area contributed by atoms with Crippen LogP contribution in [0.5, 0.6) is 0 Å². The van der Waals surface area contributed by atoms with E-state index in [0.29, 0.717) is 0 Å². The molecule has 1 aromatic carbocycles. The van der Waals surface area contributed by atoms with E-state index in [1.165, 1.54) is 16.5 Å². The quantitative estimate of drug-likeness (QED) is 0.475. The molecule has 14 heavy (non-hydrogen) atoms. The fourth-order valence-electron chi connectivity index (χ4n) is 1.75. The van der Waals surface area contributed by atoms with Gasteiger partial charge in [0, 0.05) is 24.1 Å². The maximum atomic E-state index is 2.16. The van der Waals surface area contributed by atoms with Crippen molar-refractivity contribution in [2.75, 3.05) is 14.1 Å². The molecule has 0 aliphatic heterocycles. The Kier molecular flexibility index (Phi) is 2.12. The van der Waals surface area contributed by atoms with Gasteiger partial charge in [-0.05, 0) is 6.07 Å². The normalized spacial score (nSPS) is 10.5. The Hall–Kier alpha value is -1.57. The van der Waals surface area contributed by atoms with Crippen LogP contribution in [0, 0.1) is 0 Å². The van der Waals surface area contributed by atoms with Crippen molar-refractivity contribution in [2.45, 2.75) is 0 Å². The van der Waals surface area contributed by atoms with Gasteiger partial charge in [0.05, 0.1) is 5.56 Å². The summed E-state index contributed by atoms with van der Waals surface area (Å²) in [5.74, 6) is 0. The smallest absolute Gasteiger partial charge is 0.172 e. The largest absolute Gasteiger partial charge is 0.350 e. The lowest BCUT2D eigenvalue weighted by molar-refractivity contribution is -0.458. The second-order valence-electron chi connectivity index (χ2n) is 3.81. The van der Waals surface area contributed by atoms with Crippen LogP contribution in [0.2, 0.25) is 0 Å². The van der Waals surface area contributed by atoms with Gasteiger partial charge in [-0.3, -0.25) is 0 Å². The molecule has 72 valence electrons. The summed E-state index contributed by atoms with van der Waals surface area (Å²) in [6.45, 7) is 0. The summed E-state index contributed by atoms with van der Waals surface area (Å²) in [5.41, 5.74) is 2.55. The molecule has 1 aromatic heterocycles. The van der Waals surface area contributed by atoms with Gasteiger partial charge in [0.25, 0.3) is 0 Å². The highest BCUT2D eigenvalue weighted by Crippen LogP contribution is 2.18. The average molecular weight is 187 g/mol. The van der Waals surface area contributed by atoms with E-state index in [2.05, 4.69) is 52.9 Å². The van der Waals surface area contributed by atoms with Gasteiger partial charge in [-0.2, -0.15) is 0 Å². The van der Waals surface area contributed by atoms with Gasteiger partial charge < -0.3 is 4.57 Å². The highest BCUT2D eigenvalue weighted by atomic mass is 14.9. The minimum absolute atomic E-state index is 1.27. The molecule has 0 radical (unpaired) electrons. The number of fused-ring (bicyclic) bond motifs is 1. The molecule has 0 amide bonds. The van der Waals surface area contributed by atoms with Gasteiger partial charge in [0.1, 0.15) is 14.1 Å². The van der Waals surface area contributed by atoms with Crippen LogP contribution in [0.25, 0.3) is 10.9 Å². The van der Waals surface area contributed by atoms with Crippen LogP contribution in [0.4, 0.5) is 0 Å². The third kappa shape index (κ3) is 1.43. The summed E-state index contributed by atoms with van der Waals surface area (Å²) < 4.78 is 4.23. The Balaban J connectivity index is 2.73. The van der Waals surface area contributed by atoms with E-state index >= 15 is 0 Å². The van der Waals surface area contributed by atoms with Crippen LogP contribution >= 0.6 is 0 Å². The molecule has 0 saturated heterocycles. The Morgan fingerprint density at radius 2 is 1.93 bits per heavy atom. The van der Waals surface area contributed by atoms with Gasteiger partial charge in [-0.25, -0.2) is 4.58 Å². The van der Waals surface area contributed by atoms with Crippen molar-refractivity contribution in [3.63, 3.8) is 0 Å². The van der Waals surface area contributed by atoms with Crippen molar-refractivity contribution in [3.05, 3.63) is 36.0 Å². The summed E-state index contributed by atoms with van der Waals surface area (Å²) in [4.78, 5) is 0. The van der Waals surface area contributed by atoms with E-state index in [0.717, 1.165) is 0 Å². The summed E-state index contributed by atoms with van der Waals surface area (Å²) in [7, 11) is 6.17. The van der Waals surface area contributed by atoms with Crippen molar-refractivity contribution in [1.29, 1.82) is 0 Å². The van der Waals surface area contributed by atoms with Gasteiger partial charge >= 0.3 is 0 Å². The molecule has 0 unspecified atom stereocenters. The predicted octanol–water partition coefficient (Wildman–Crippen LogP) is 1.87. The summed E-state index contributed by atoms with van der Waals surface area (Å²) >= 11 is 0. The van der Waals surface area contributed by atoms with Gasteiger partial charge in [0.15, 0.2) is 6.21 Å². The lowest BCUT2D eigenvalue weighted by Crippen LogP contribution is -1.98. The highest BCUT2D eigenvalue weighted by Gasteiger charge is 2.05. The molecule has 0 bridgehead atoms.